The van der Waals surface area contributed by atoms with Gasteiger partial charge in [0.1, 0.15) is 11.9 Å². The smallest absolute Gasteiger partial charge is 0.118 e. The van der Waals surface area contributed by atoms with Crippen LogP contribution < -0.4 is 4.74 Å². The highest BCUT2D eigenvalue weighted by atomic mass is 16.5. The van der Waals surface area contributed by atoms with Gasteiger partial charge in [0.15, 0.2) is 0 Å². The maximum absolute atomic E-state index is 10.2. The van der Waals surface area contributed by atoms with Crippen LogP contribution in [0.25, 0.3) is 0 Å². The predicted molar refractivity (Wildman–Crippen MR) is 97.1 cm³/mol. The lowest BCUT2D eigenvalue weighted by Gasteiger charge is -2.29. The van der Waals surface area contributed by atoms with Crippen LogP contribution in [0.15, 0.2) is 24.3 Å². The van der Waals surface area contributed by atoms with Gasteiger partial charge in [-0.1, -0.05) is 25.2 Å². The molecule has 0 bridgehead atoms. The number of aliphatic hydroxyl groups is 1. The minimum Gasteiger partial charge on any atom is -0.497 e. The summed E-state index contributed by atoms with van der Waals surface area (Å²) in [6.07, 6.45) is 7.50. The van der Waals surface area contributed by atoms with Crippen LogP contribution in [-0.2, 0) is 4.74 Å². The molecule has 1 aromatic carbocycles. The van der Waals surface area contributed by atoms with E-state index in [2.05, 4.69) is 18.8 Å². The second-order valence-electron chi connectivity index (χ2n) is 6.62. The van der Waals surface area contributed by atoms with Gasteiger partial charge in [-0.2, -0.15) is 0 Å². The van der Waals surface area contributed by atoms with E-state index >= 15 is 0 Å². The summed E-state index contributed by atoms with van der Waals surface area (Å²) in [5.74, 6) is 7.40. The number of rotatable bonds is 7. The van der Waals surface area contributed by atoms with Crippen molar-refractivity contribution in [3.8, 4) is 17.6 Å². The molecule has 3 heteroatoms. The van der Waals surface area contributed by atoms with Crippen molar-refractivity contribution in [1.82, 2.24) is 0 Å². The van der Waals surface area contributed by atoms with E-state index in [4.69, 9.17) is 9.47 Å². The number of methoxy groups -OCH3 is 1. The Balaban J connectivity index is 1.71. The van der Waals surface area contributed by atoms with E-state index in [-0.39, 0.29) is 0 Å². The first-order chi connectivity index (χ1) is 11.7. The topological polar surface area (TPSA) is 38.7 Å². The van der Waals surface area contributed by atoms with Crippen LogP contribution >= 0.6 is 0 Å². The lowest BCUT2D eigenvalue weighted by atomic mass is 9.84. The van der Waals surface area contributed by atoms with Crippen molar-refractivity contribution in [2.45, 2.75) is 64.1 Å². The molecule has 0 amide bonds. The van der Waals surface area contributed by atoms with E-state index in [1.807, 2.05) is 24.3 Å². The van der Waals surface area contributed by atoms with Crippen LogP contribution in [0, 0.1) is 17.8 Å². The van der Waals surface area contributed by atoms with Crippen molar-refractivity contribution in [1.29, 1.82) is 0 Å². The minimum atomic E-state index is -0.547. The van der Waals surface area contributed by atoms with Gasteiger partial charge in [0.2, 0.25) is 0 Å². The quantitative estimate of drug-likeness (QED) is 0.602. The molecule has 1 N–H and O–H groups in total. The molecule has 24 heavy (non-hydrogen) atoms. The van der Waals surface area contributed by atoms with Crippen molar-refractivity contribution in [3.63, 3.8) is 0 Å². The van der Waals surface area contributed by atoms with Gasteiger partial charge in [-0.25, -0.2) is 0 Å². The summed E-state index contributed by atoms with van der Waals surface area (Å²) in [6.45, 7) is 3.08. The van der Waals surface area contributed by atoms with Crippen molar-refractivity contribution >= 4 is 0 Å². The van der Waals surface area contributed by atoms with Crippen LogP contribution in [0.5, 0.6) is 5.75 Å². The zero-order valence-corrected chi connectivity index (χ0v) is 15.0. The fourth-order valence-corrected chi connectivity index (χ4v) is 3.14. The van der Waals surface area contributed by atoms with Crippen molar-refractivity contribution < 1.29 is 14.6 Å². The Morgan fingerprint density at radius 2 is 1.88 bits per heavy atom. The summed E-state index contributed by atoms with van der Waals surface area (Å²) in [6, 6.07) is 7.60. The zero-order chi connectivity index (χ0) is 17.2. The van der Waals surface area contributed by atoms with Crippen molar-refractivity contribution in [3.05, 3.63) is 29.8 Å². The molecule has 0 heterocycles. The Hall–Kier alpha value is -1.50. The van der Waals surface area contributed by atoms with E-state index in [0.717, 1.165) is 56.4 Å². The molecule has 1 fully saturated rings. The molecule has 1 saturated carbocycles. The number of benzene rings is 1. The molecule has 132 valence electrons. The maximum Gasteiger partial charge on any atom is 0.118 e. The number of aliphatic hydroxyl groups excluding tert-OH is 1. The molecule has 1 unspecified atom stereocenters. The Kier molecular flexibility index (Phi) is 8.15. The van der Waals surface area contributed by atoms with Crippen LogP contribution in [0.2, 0.25) is 0 Å². The van der Waals surface area contributed by atoms with E-state index in [9.17, 15) is 5.11 Å². The molecule has 1 aliphatic carbocycles. The first kappa shape index (κ1) is 18.8. The fraction of sp³-hybridized carbons (Fsp3) is 0.619. The lowest BCUT2D eigenvalue weighted by Crippen LogP contribution is -2.24. The van der Waals surface area contributed by atoms with E-state index in [1.165, 1.54) is 6.42 Å². The Bertz CT molecular complexity index is 518. The van der Waals surface area contributed by atoms with E-state index in [1.54, 1.807) is 7.11 Å². The van der Waals surface area contributed by atoms with Crippen molar-refractivity contribution in [2.75, 3.05) is 13.7 Å². The highest BCUT2D eigenvalue weighted by molar-refractivity contribution is 5.38. The predicted octanol–water partition coefficient (Wildman–Crippen LogP) is 4.17. The van der Waals surface area contributed by atoms with E-state index < -0.39 is 6.10 Å². The van der Waals surface area contributed by atoms with Crippen molar-refractivity contribution in [2.24, 2.45) is 5.92 Å². The van der Waals surface area contributed by atoms with Gasteiger partial charge in [-0.05, 0) is 68.7 Å². The summed E-state index contributed by atoms with van der Waals surface area (Å²) in [4.78, 5) is 0. The van der Waals surface area contributed by atoms with Gasteiger partial charge in [0, 0.05) is 12.2 Å². The highest BCUT2D eigenvalue weighted by Gasteiger charge is 2.22. The molecule has 0 aromatic heterocycles. The number of hydrogen-bond acceptors (Lipinski definition) is 3. The van der Waals surface area contributed by atoms with E-state index in [0.29, 0.717) is 12.0 Å². The maximum atomic E-state index is 10.2. The van der Waals surface area contributed by atoms with Crippen LogP contribution in [-0.4, -0.2) is 31.0 Å². The van der Waals surface area contributed by atoms with Gasteiger partial charge in [-0.3, -0.25) is 0 Å². The van der Waals surface area contributed by atoms with Crippen LogP contribution in [0.3, 0.4) is 0 Å². The SMILES string of the molecule is CCCCOC1CCC(CC(O)C#Cc2ccc(OC)cc2)CC1. The first-order valence-corrected chi connectivity index (χ1v) is 9.16. The zero-order valence-electron chi connectivity index (χ0n) is 15.0. The Morgan fingerprint density at radius 3 is 2.50 bits per heavy atom. The van der Waals surface area contributed by atoms with Gasteiger partial charge >= 0.3 is 0 Å². The third-order valence-electron chi connectivity index (χ3n) is 4.67. The average molecular weight is 330 g/mol. The highest BCUT2D eigenvalue weighted by Crippen LogP contribution is 2.29. The van der Waals surface area contributed by atoms with Gasteiger partial charge in [-0.15, -0.1) is 0 Å². The second kappa shape index (κ2) is 10.4. The van der Waals surface area contributed by atoms with Gasteiger partial charge in [0.25, 0.3) is 0 Å². The molecule has 1 aromatic rings. The fourth-order valence-electron chi connectivity index (χ4n) is 3.14. The first-order valence-electron chi connectivity index (χ1n) is 9.16. The molecular weight excluding hydrogens is 300 g/mol. The van der Waals surface area contributed by atoms with Crippen LogP contribution in [0.4, 0.5) is 0 Å². The molecule has 0 radical (unpaired) electrons. The number of hydrogen-bond donors (Lipinski definition) is 1. The molecule has 3 nitrogen and oxygen atoms in total. The molecular formula is C21H30O3. The summed E-state index contributed by atoms with van der Waals surface area (Å²) in [5, 5.41) is 10.2. The lowest BCUT2D eigenvalue weighted by molar-refractivity contribution is 0.0125. The summed E-state index contributed by atoms with van der Waals surface area (Å²) in [7, 11) is 1.65. The summed E-state index contributed by atoms with van der Waals surface area (Å²) < 4.78 is 11.0. The average Bonchev–Trinajstić information content (AvgIpc) is 2.62. The summed E-state index contributed by atoms with van der Waals surface area (Å²) >= 11 is 0. The molecule has 2 rings (SSSR count). The molecule has 0 saturated heterocycles. The Labute approximate surface area is 146 Å². The number of ether oxygens (including phenoxy) is 2. The summed E-state index contributed by atoms with van der Waals surface area (Å²) in [5.41, 5.74) is 0.905. The third-order valence-corrected chi connectivity index (χ3v) is 4.67. The molecule has 1 aliphatic rings. The molecule has 0 spiro atoms. The molecule has 0 aliphatic heterocycles. The standard InChI is InChI=1S/C21H30O3/c1-3-4-15-24-21-13-8-18(9-14-21)16-19(22)10-5-17-6-11-20(23-2)12-7-17/h6-7,11-12,18-19,21-22H,3-4,8-9,13-16H2,1-2H3. The van der Waals surface area contributed by atoms with Gasteiger partial charge in [0.05, 0.1) is 13.2 Å². The molecule has 1 atom stereocenters. The van der Waals surface area contributed by atoms with Gasteiger partial charge < -0.3 is 14.6 Å². The normalized spacial score (nSPS) is 21.6. The number of unbranched alkanes of at least 4 members (excludes halogenated alkanes) is 1. The third kappa shape index (κ3) is 6.55. The monoisotopic (exact) mass is 330 g/mol. The van der Waals surface area contributed by atoms with Crippen LogP contribution in [0.1, 0.15) is 57.4 Å². The second-order valence-corrected chi connectivity index (χ2v) is 6.62. The largest absolute Gasteiger partial charge is 0.497 e. The minimum absolute atomic E-state index is 0.426. The Morgan fingerprint density at radius 1 is 1.17 bits per heavy atom.